The maximum absolute atomic E-state index is 10.8. The minimum atomic E-state index is -0.556. The molecule has 0 saturated carbocycles. The molecular weight excluding hydrogens is 144 g/mol. The number of phenols is 1. The third kappa shape index (κ3) is 1.49. The van der Waals surface area contributed by atoms with Crippen molar-refractivity contribution in [3.63, 3.8) is 0 Å². The van der Waals surface area contributed by atoms with Crippen LogP contribution in [0.3, 0.4) is 0 Å². The van der Waals surface area contributed by atoms with Crippen LogP contribution >= 0.6 is 0 Å². The number of rotatable bonds is 1. The van der Waals surface area contributed by atoms with Gasteiger partial charge < -0.3 is 9.84 Å². The Balaban J connectivity index is 3.03. The summed E-state index contributed by atoms with van der Waals surface area (Å²) in [5.74, 6) is -0.737. The van der Waals surface area contributed by atoms with Crippen molar-refractivity contribution < 1.29 is 14.6 Å². The van der Waals surface area contributed by atoms with Crippen LogP contribution in [0.5, 0.6) is 5.75 Å². The molecule has 1 aromatic rings. The van der Waals surface area contributed by atoms with Gasteiger partial charge >= 0.3 is 5.97 Å². The van der Waals surface area contributed by atoms with Gasteiger partial charge in [0, 0.05) is 6.07 Å². The van der Waals surface area contributed by atoms with Crippen LogP contribution < -0.4 is 0 Å². The normalized spacial score (nSPS) is 9.18. The van der Waals surface area contributed by atoms with Crippen LogP contribution in [0.25, 0.3) is 0 Å². The summed E-state index contributed by atoms with van der Waals surface area (Å²) in [5.41, 5.74) is 0.134. The number of benzene rings is 1. The molecule has 0 unspecified atom stereocenters. The standard InChI is InChI=1S/C8H7O3/c1-11-8(10)6-4-2-3-5-7(6)9/h2-4,9H,1H3. The summed E-state index contributed by atoms with van der Waals surface area (Å²) in [6.45, 7) is 0. The molecule has 3 heteroatoms. The summed E-state index contributed by atoms with van der Waals surface area (Å²) < 4.78 is 4.40. The van der Waals surface area contributed by atoms with Crippen molar-refractivity contribution in [1.82, 2.24) is 0 Å². The van der Waals surface area contributed by atoms with E-state index in [2.05, 4.69) is 10.8 Å². The second kappa shape index (κ2) is 3.05. The van der Waals surface area contributed by atoms with E-state index in [0.29, 0.717) is 0 Å². The van der Waals surface area contributed by atoms with Crippen LogP contribution in [-0.4, -0.2) is 18.2 Å². The molecule has 1 aromatic carbocycles. The van der Waals surface area contributed by atoms with Gasteiger partial charge in [0.1, 0.15) is 11.3 Å². The molecule has 0 aliphatic rings. The van der Waals surface area contributed by atoms with E-state index < -0.39 is 5.97 Å². The topological polar surface area (TPSA) is 46.5 Å². The molecule has 0 saturated heterocycles. The molecule has 1 rings (SSSR count). The highest BCUT2D eigenvalue weighted by molar-refractivity contribution is 5.92. The SMILES string of the molecule is COC(=O)c1ccc[c]c1O. The number of methoxy groups -OCH3 is 1. The molecule has 0 bridgehead atoms. The highest BCUT2D eigenvalue weighted by atomic mass is 16.5. The van der Waals surface area contributed by atoms with Gasteiger partial charge in [-0.05, 0) is 6.07 Å². The van der Waals surface area contributed by atoms with Gasteiger partial charge in [0.2, 0.25) is 0 Å². The maximum atomic E-state index is 10.8. The quantitative estimate of drug-likeness (QED) is 0.608. The number of aromatic hydroxyl groups is 1. The van der Waals surface area contributed by atoms with Gasteiger partial charge in [0.05, 0.1) is 7.11 Å². The Morgan fingerprint density at radius 3 is 3.00 bits per heavy atom. The van der Waals surface area contributed by atoms with E-state index in [0.717, 1.165) is 0 Å². The molecule has 57 valence electrons. The smallest absolute Gasteiger partial charge is 0.341 e. The summed E-state index contributed by atoms with van der Waals surface area (Å²) in [6.07, 6.45) is 0. The minimum Gasteiger partial charge on any atom is -0.506 e. The van der Waals surface area contributed by atoms with Crippen LogP contribution in [0.15, 0.2) is 18.2 Å². The fourth-order valence-electron chi connectivity index (χ4n) is 0.703. The lowest BCUT2D eigenvalue weighted by molar-refractivity contribution is 0.0597. The van der Waals surface area contributed by atoms with Crippen molar-refractivity contribution >= 4 is 5.97 Å². The van der Waals surface area contributed by atoms with Gasteiger partial charge in [-0.3, -0.25) is 0 Å². The lowest BCUT2D eigenvalue weighted by Crippen LogP contribution is -2.00. The van der Waals surface area contributed by atoms with Gasteiger partial charge in [0.25, 0.3) is 0 Å². The van der Waals surface area contributed by atoms with Crippen LogP contribution in [-0.2, 0) is 4.74 Å². The van der Waals surface area contributed by atoms with Gasteiger partial charge in [-0.15, -0.1) is 0 Å². The zero-order chi connectivity index (χ0) is 8.27. The molecule has 0 atom stereocenters. The summed E-state index contributed by atoms with van der Waals surface area (Å²) in [6, 6.07) is 7.06. The number of ether oxygens (including phenoxy) is 1. The van der Waals surface area contributed by atoms with E-state index in [1.165, 1.54) is 19.2 Å². The molecule has 1 radical (unpaired) electrons. The molecule has 1 N–H and O–H groups in total. The molecule has 0 aliphatic heterocycles. The Hall–Kier alpha value is -1.51. The second-order valence-corrected chi connectivity index (χ2v) is 1.92. The fraction of sp³-hybridized carbons (Fsp3) is 0.125. The number of carbonyl (C=O) groups is 1. The van der Waals surface area contributed by atoms with Gasteiger partial charge in [-0.25, -0.2) is 4.79 Å². The maximum Gasteiger partial charge on any atom is 0.341 e. The van der Waals surface area contributed by atoms with Gasteiger partial charge in [-0.1, -0.05) is 12.1 Å². The summed E-state index contributed by atoms with van der Waals surface area (Å²) in [7, 11) is 1.26. The lowest BCUT2D eigenvalue weighted by atomic mass is 10.2. The number of phenolic OH excluding ortho intramolecular Hbond substituents is 1. The molecule has 0 heterocycles. The van der Waals surface area contributed by atoms with Crippen molar-refractivity contribution in [2.45, 2.75) is 0 Å². The average molecular weight is 151 g/mol. The third-order valence-electron chi connectivity index (χ3n) is 1.24. The Kier molecular flexibility index (Phi) is 2.11. The first-order valence-corrected chi connectivity index (χ1v) is 3.03. The van der Waals surface area contributed by atoms with Crippen LogP contribution in [0, 0.1) is 6.07 Å². The summed E-state index contributed by atoms with van der Waals surface area (Å²) in [5, 5.41) is 9.06. The van der Waals surface area contributed by atoms with E-state index in [1.54, 1.807) is 6.07 Å². The zero-order valence-corrected chi connectivity index (χ0v) is 6.00. The molecule has 0 spiro atoms. The Morgan fingerprint density at radius 2 is 2.45 bits per heavy atom. The molecule has 0 fully saturated rings. The van der Waals surface area contributed by atoms with E-state index in [9.17, 15) is 4.79 Å². The first-order chi connectivity index (χ1) is 5.25. The number of para-hydroxylation sites is 1. The average Bonchev–Trinajstić information content (AvgIpc) is 2.04. The van der Waals surface area contributed by atoms with Crippen molar-refractivity contribution in [2.75, 3.05) is 7.11 Å². The first kappa shape index (κ1) is 7.60. The zero-order valence-electron chi connectivity index (χ0n) is 6.00. The largest absolute Gasteiger partial charge is 0.506 e. The number of hydrogen-bond acceptors (Lipinski definition) is 3. The van der Waals surface area contributed by atoms with Crippen LogP contribution in [0.2, 0.25) is 0 Å². The Bertz CT molecular complexity index is 268. The van der Waals surface area contributed by atoms with Crippen molar-refractivity contribution in [3.05, 3.63) is 29.8 Å². The molecule has 0 aliphatic carbocycles. The minimum absolute atomic E-state index is 0.134. The van der Waals surface area contributed by atoms with E-state index in [1.807, 2.05) is 0 Å². The predicted octanol–water partition coefficient (Wildman–Crippen LogP) is 0.979. The van der Waals surface area contributed by atoms with Crippen LogP contribution in [0.4, 0.5) is 0 Å². The van der Waals surface area contributed by atoms with Gasteiger partial charge in [-0.2, -0.15) is 0 Å². The van der Waals surface area contributed by atoms with Gasteiger partial charge in [0.15, 0.2) is 0 Å². The predicted molar refractivity (Wildman–Crippen MR) is 38.3 cm³/mol. The molecule has 11 heavy (non-hydrogen) atoms. The second-order valence-electron chi connectivity index (χ2n) is 1.92. The Morgan fingerprint density at radius 1 is 1.73 bits per heavy atom. The van der Waals surface area contributed by atoms with Crippen LogP contribution in [0.1, 0.15) is 10.4 Å². The van der Waals surface area contributed by atoms with Crippen molar-refractivity contribution in [3.8, 4) is 5.75 Å². The fourth-order valence-corrected chi connectivity index (χ4v) is 0.703. The summed E-state index contributed by atoms with van der Waals surface area (Å²) >= 11 is 0. The first-order valence-electron chi connectivity index (χ1n) is 3.03. The Labute approximate surface area is 64.2 Å². The third-order valence-corrected chi connectivity index (χ3v) is 1.24. The number of hydrogen-bond donors (Lipinski definition) is 1. The van der Waals surface area contributed by atoms with E-state index >= 15 is 0 Å². The monoisotopic (exact) mass is 151 g/mol. The van der Waals surface area contributed by atoms with E-state index in [4.69, 9.17) is 5.11 Å². The van der Waals surface area contributed by atoms with E-state index in [-0.39, 0.29) is 11.3 Å². The van der Waals surface area contributed by atoms with Crippen molar-refractivity contribution in [2.24, 2.45) is 0 Å². The van der Waals surface area contributed by atoms with Crippen molar-refractivity contribution in [1.29, 1.82) is 0 Å². The molecule has 0 amide bonds. The lowest BCUT2D eigenvalue weighted by Gasteiger charge is -1.99. The molecule has 3 nitrogen and oxygen atoms in total. The molecule has 0 aromatic heterocycles. The summed E-state index contributed by atoms with van der Waals surface area (Å²) in [4.78, 5) is 10.8. The number of esters is 1. The number of carbonyl (C=O) groups excluding carboxylic acids is 1. The highest BCUT2D eigenvalue weighted by Crippen LogP contribution is 2.14. The molecular formula is C8H7O3. The highest BCUT2D eigenvalue weighted by Gasteiger charge is 2.08.